The maximum Gasteiger partial charge on any atom is 0.395 e. The molecule has 0 radical (unpaired) electrons. The molecule has 1 atom stereocenters. The normalized spacial score (nSPS) is 18.6. The summed E-state index contributed by atoms with van der Waals surface area (Å²) in [4.78, 5) is 25.2. The second kappa shape index (κ2) is 8.40. The smallest absolute Gasteiger partial charge is 0.395 e. The highest BCUT2D eigenvalue weighted by atomic mass is 35.5. The Balaban J connectivity index is 1.62. The Morgan fingerprint density at radius 2 is 1.88 bits per heavy atom. The van der Waals surface area contributed by atoms with Crippen LogP contribution in [0.2, 0.25) is 10.0 Å². The van der Waals surface area contributed by atoms with Crippen LogP contribution in [0.3, 0.4) is 0 Å². The van der Waals surface area contributed by atoms with Crippen molar-refractivity contribution in [1.29, 1.82) is 0 Å². The average Bonchev–Trinajstić information content (AvgIpc) is 2.99. The molecule has 1 amide bonds. The van der Waals surface area contributed by atoms with E-state index in [1.807, 2.05) is 6.07 Å². The Bertz CT molecular complexity index is 1180. The Morgan fingerprint density at radius 3 is 2.48 bits per heavy atom. The van der Waals surface area contributed by atoms with Gasteiger partial charge in [-0.2, -0.15) is 13.2 Å². The molecule has 0 bridgehead atoms. The number of benzene rings is 1. The van der Waals surface area contributed by atoms with Crippen molar-refractivity contribution in [3.8, 4) is 0 Å². The Morgan fingerprint density at radius 1 is 1.21 bits per heavy atom. The van der Waals surface area contributed by atoms with E-state index in [2.05, 4.69) is 0 Å². The van der Waals surface area contributed by atoms with Gasteiger partial charge in [0.15, 0.2) is 0 Å². The molecule has 1 aliphatic heterocycles. The van der Waals surface area contributed by atoms with E-state index in [0.717, 1.165) is 11.3 Å². The molecule has 4 rings (SSSR count). The standard InChI is InChI=1S/C23H21Cl2F3N2O3/c1-11-5-13(23(26,27)28)6-19-16(11)7-14(29(19)2)8-17-18(24)4-3-15(20(17)25)21(31)30-9-12(10-30)22(32)33/h3-5,7,12-13H,6,8-10H2,1-2H3,(H,32,33). The van der Waals surface area contributed by atoms with Crippen LogP contribution < -0.4 is 0 Å². The molecule has 2 aliphatic rings. The van der Waals surface area contributed by atoms with Crippen molar-refractivity contribution in [2.75, 3.05) is 13.1 Å². The molecule has 33 heavy (non-hydrogen) atoms. The molecular formula is C23H21Cl2F3N2O3. The van der Waals surface area contributed by atoms with Crippen molar-refractivity contribution < 1.29 is 27.9 Å². The molecule has 176 valence electrons. The molecule has 1 saturated heterocycles. The minimum Gasteiger partial charge on any atom is -0.481 e. The largest absolute Gasteiger partial charge is 0.481 e. The second-order valence-corrected chi connectivity index (χ2v) is 9.35. The molecular weight excluding hydrogens is 480 g/mol. The molecule has 1 aromatic heterocycles. The highest BCUT2D eigenvalue weighted by Gasteiger charge is 2.41. The van der Waals surface area contributed by atoms with Crippen molar-refractivity contribution in [2.24, 2.45) is 18.9 Å². The third-order valence-electron chi connectivity index (χ3n) is 6.46. The van der Waals surface area contributed by atoms with Crippen LogP contribution in [0.1, 0.15) is 39.8 Å². The number of carboxylic acid groups (broad SMARTS) is 1. The topological polar surface area (TPSA) is 62.5 Å². The summed E-state index contributed by atoms with van der Waals surface area (Å²) in [6.45, 7) is 1.88. The van der Waals surface area contributed by atoms with Gasteiger partial charge in [-0.1, -0.05) is 29.3 Å². The first-order valence-electron chi connectivity index (χ1n) is 10.3. The second-order valence-electron chi connectivity index (χ2n) is 8.57. The number of alkyl halides is 3. The van der Waals surface area contributed by atoms with Crippen molar-refractivity contribution in [2.45, 2.75) is 25.9 Å². The number of amides is 1. The monoisotopic (exact) mass is 500 g/mol. The van der Waals surface area contributed by atoms with Crippen molar-refractivity contribution >= 4 is 40.7 Å². The fraction of sp³-hybridized carbons (Fsp3) is 0.391. The number of aliphatic carboxylic acids is 1. The summed E-state index contributed by atoms with van der Waals surface area (Å²) in [7, 11) is 1.71. The quantitative estimate of drug-likeness (QED) is 0.626. The molecule has 0 saturated carbocycles. The molecule has 1 aliphatic carbocycles. The summed E-state index contributed by atoms with van der Waals surface area (Å²) in [6.07, 6.45) is -2.99. The van der Waals surface area contributed by atoms with Gasteiger partial charge in [-0.25, -0.2) is 0 Å². The molecule has 10 heteroatoms. The summed E-state index contributed by atoms with van der Waals surface area (Å²) < 4.78 is 41.7. The number of hydrogen-bond donors (Lipinski definition) is 1. The van der Waals surface area contributed by atoms with Gasteiger partial charge in [0.2, 0.25) is 0 Å². The van der Waals surface area contributed by atoms with Gasteiger partial charge in [0, 0.05) is 49.4 Å². The first kappa shape index (κ1) is 23.7. The average molecular weight is 501 g/mol. The van der Waals surface area contributed by atoms with Crippen LogP contribution in [0.15, 0.2) is 24.3 Å². The highest BCUT2D eigenvalue weighted by molar-refractivity contribution is 6.38. The van der Waals surface area contributed by atoms with E-state index in [4.69, 9.17) is 28.3 Å². The summed E-state index contributed by atoms with van der Waals surface area (Å²) in [6, 6.07) is 4.89. The number of halogens is 5. The summed E-state index contributed by atoms with van der Waals surface area (Å²) in [5.74, 6) is -3.46. The van der Waals surface area contributed by atoms with Crippen LogP contribution >= 0.6 is 23.2 Å². The Kier molecular flexibility index (Phi) is 6.03. The molecule has 5 nitrogen and oxygen atoms in total. The fourth-order valence-corrected chi connectivity index (χ4v) is 4.99. The fourth-order valence-electron chi connectivity index (χ4n) is 4.40. The van der Waals surface area contributed by atoms with Crippen molar-refractivity contribution in [3.05, 3.63) is 62.4 Å². The number of nitrogens with zero attached hydrogens (tertiary/aromatic N) is 2. The third kappa shape index (κ3) is 4.26. The number of hydrogen-bond acceptors (Lipinski definition) is 2. The third-order valence-corrected chi connectivity index (χ3v) is 7.25. The number of likely N-dealkylation sites (tertiary alicyclic amines) is 1. The van der Waals surface area contributed by atoms with E-state index < -0.39 is 24.0 Å². The number of allylic oxidation sites excluding steroid dienone is 2. The van der Waals surface area contributed by atoms with E-state index in [1.54, 1.807) is 24.6 Å². The minimum atomic E-state index is -4.32. The molecule has 0 spiro atoms. The SMILES string of the molecule is CC1=CC(C(F)(F)F)Cc2c1cc(Cc1c(Cl)ccc(C(=O)N3CC(C(=O)O)C3)c1Cl)n2C. The summed E-state index contributed by atoms with van der Waals surface area (Å²) in [5, 5.41) is 9.52. The van der Waals surface area contributed by atoms with Gasteiger partial charge in [0.1, 0.15) is 0 Å². The van der Waals surface area contributed by atoms with E-state index in [-0.39, 0.29) is 42.4 Å². The number of rotatable bonds is 4. The Labute approximate surface area is 198 Å². The van der Waals surface area contributed by atoms with Crippen LogP contribution in [-0.2, 0) is 24.7 Å². The van der Waals surface area contributed by atoms with Gasteiger partial charge in [0.25, 0.3) is 5.91 Å². The first-order valence-corrected chi connectivity index (χ1v) is 11.1. The molecule has 2 heterocycles. The number of fused-ring (bicyclic) bond motifs is 1. The van der Waals surface area contributed by atoms with E-state index in [9.17, 15) is 22.8 Å². The lowest BCUT2D eigenvalue weighted by molar-refractivity contribution is -0.161. The molecule has 1 unspecified atom stereocenters. The maximum atomic E-state index is 13.3. The van der Waals surface area contributed by atoms with Crippen LogP contribution in [0.4, 0.5) is 13.2 Å². The van der Waals surface area contributed by atoms with E-state index in [1.165, 1.54) is 17.0 Å². The molecule has 1 aromatic carbocycles. The van der Waals surface area contributed by atoms with Crippen LogP contribution in [0.25, 0.3) is 5.57 Å². The van der Waals surface area contributed by atoms with Crippen LogP contribution in [0.5, 0.6) is 0 Å². The van der Waals surface area contributed by atoms with Gasteiger partial charge in [-0.15, -0.1) is 0 Å². The van der Waals surface area contributed by atoms with Crippen LogP contribution in [0, 0.1) is 11.8 Å². The van der Waals surface area contributed by atoms with E-state index >= 15 is 0 Å². The maximum absolute atomic E-state index is 13.3. The van der Waals surface area contributed by atoms with E-state index in [0.29, 0.717) is 21.9 Å². The zero-order chi connectivity index (χ0) is 24.2. The lowest BCUT2D eigenvalue weighted by atomic mass is 9.89. The lowest BCUT2D eigenvalue weighted by Crippen LogP contribution is -2.53. The zero-order valence-corrected chi connectivity index (χ0v) is 19.4. The predicted octanol–water partition coefficient (Wildman–Crippen LogP) is 5.22. The van der Waals surface area contributed by atoms with Gasteiger partial charge >= 0.3 is 12.1 Å². The van der Waals surface area contributed by atoms with Gasteiger partial charge in [-0.3, -0.25) is 9.59 Å². The minimum absolute atomic E-state index is 0.110. The van der Waals surface area contributed by atoms with Crippen LogP contribution in [-0.4, -0.2) is 45.7 Å². The van der Waals surface area contributed by atoms with Crippen molar-refractivity contribution in [1.82, 2.24) is 9.47 Å². The molecule has 1 fully saturated rings. The zero-order valence-electron chi connectivity index (χ0n) is 17.8. The molecule has 1 N–H and O–H groups in total. The number of carbonyl (C=O) groups excluding carboxylic acids is 1. The number of carboxylic acids is 1. The summed E-state index contributed by atoms with van der Waals surface area (Å²) >= 11 is 12.9. The van der Waals surface area contributed by atoms with Gasteiger partial charge in [0.05, 0.1) is 22.4 Å². The molecule has 2 aromatic rings. The van der Waals surface area contributed by atoms with Crippen molar-refractivity contribution in [3.63, 3.8) is 0 Å². The van der Waals surface area contributed by atoms with Gasteiger partial charge < -0.3 is 14.6 Å². The number of carbonyl (C=O) groups is 2. The Hall–Kier alpha value is -2.45. The number of aromatic nitrogens is 1. The summed E-state index contributed by atoms with van der Waals surface area (Å²) in [5.41, 5.74) is 3.34. The first-order chi connectivity index (χ1) is 15.4. The predicted molar refractivity (Wildman–Crippen MR) is 119 cm³/mol. The lowest BCUT2D eigenvalue weighted by Gasteiger charge is -2.37. The highest BCUT2D eigenvalue weighted by Crippen LogP contribution is 2.40. The van der Waals surface area contributed by atoms with Gasteiger partial charge in [-0.05, 0) is 41.8 Å².